The summed E-state index contributed by atoms with van der Waals surface area (Å²) >= 11 is 0. The number of rotatable bonds is 3. The number of benzene rings is 2. The van der Waals surface area contributed by atoms with Crippen LogP contribution in [0.4, 0.5) is 10.1 Å². The summed E-state index contributed by atoms with van der Waals surface area (Å²) in [5, 5.41) is 9.08. The number of para-hydroxylation sites is 1. The lowest BCUT2D eigenvalue weighted by molar-refractivity contribution is 0.275. The van der Waals surface area contributed by atoms with E-state index in [1.165, 1.54) is 16.4 Å². The second kappa shape index (κ2) is 5.13. The van der Waals surface area contributed by atoms with Gasteiger partial charge >= 0.3 is 0 Å². The first kappa shape index (κ1) is 14.0. The predicted octanol–water partition coefficient (Wildman–Crippen LogP) is 2.07. The third-order valence-corrected chi connectivity index (χ3v) is 5.43. The highest BCUT2D eigenvalue weighted by Crippen LogP contribution is 2.32. The molecule has 0 radical (unpaired) electrons. The molecule has 2 aromatic carbocycles. The van der Waals surface area contributed by atoms with Crippen LogP contribution in [0.5, 0.6) is 0 Å². The summed E-state index contributed by atoms with van der Waals surface area (Å²) in [7, 11) is -3.75. The molecule has 21 heavy (non-hydrogen) atoms. The maximum Gasteiger partial charge on any atom is 0.264 e. The van der Waals surface area contributed by atoms with E-state index in [0.29, 0.717) is 18.7 Å². The average Bonchev–Trinajstić information content (AvgIpc) is 2.92. The van der Waals surface area contributed by atoms with E-state index in [0.717, 1.165) is 11.6 Å². The van der Waals surface area contributed by atoms with Crippen LogP contribution in [-0.2, 0) is 23.1 Å². The Hall–Kier alpha value is -1.92. The summed E-state index contributed by atoms with van der Waals surface area (Å²) in [5.41, 5.74) is 1.61. The number of fused-ring (bicyclic) bond motifs is 1. The van der Waals surface area contributed by atoms with E-state index < -0.39 is 22.4 Å². The Morgan fingerprint density at radius 3 is 2.71 bits per heavy atom. The molecule has 0 bridgehead atoms. The Morgan fingerprint density at radius 2 is 1.95 bits per heavy atom. The van der Waals surface area contributed by atoms with E-state index in [9.17, 15) is 12.8 Å². The summed E-state index contributed by atoms with van der Waals surface area (Å²) in [6.45, 7) is -0.167. The van der Waals surface area contributed by atoms with Crippen molar-refractivity contribution in [3.05, 3.63) is 59.4 Å². The summed E-state index contributed by atoms with van der Waals surface area (Å²) < 4.78 is 40.1. The Kier molecular flexibility index (Phi) is 3.43. The SMILES string of the molecule is O=S(=O)(c1ccc(F)c(CO)c1)N1CCc2ccccc21. The van der Waals surface area contributed by atoms with Gasteiger partial charge in [0, 0.05) is 12.1 Å². The Balaban J connectivity index is 2.06. The number of hydrogen-bond donors (Lipinski definition) is 1. The zero-order valence-electron chi connectivity index (χ0n) is 11.2. The molecule has 0 saturated carbocycles. The molecule has 0 fully saturated rings. The molecular formula is C15H14FNO3S. The van der Waals surface area contributed by atoms with Crippen LogP contribution in [0.2, 0.25) is 0 Å². The van der Waals surface area contributed by atoms with Crippen molar-refractivity contribution < 1.29 is 17.9 Å². The largest absolute Gasteiger partial charge is 0.392 e. The van der Waals surface area contributed by atoms with Crippen molar-refractivity contribution in [3.63, 3.8) is 0 Å². The van der Waals surface area contributed by atoms with Crippen LogP contribution in [0, 0.1) is 5.82 Å². The maximum absolute atomic E-state index is 13.4. The van der Waals surface area contributed by atoms with Gasteiger partial charge in [0.05, 0.1) is 17.2 Å². The lowest BCUT2D eigenvalue weighted by atomic mass is 10.2. The zero-order valence-corrected chi connectivity index (χ0v) is 12.0. The molecule has 1 aliphatic heterocycles. The minimum absolute atomic E-state index is 0.00958. The summed E-state index contributed by atoms with van der Waals surface area (Å²) in [5.74, 6) is -0.613. The number of aliphatic hydroxyl groups excluding tert-OH is 1. The van der Waals surface area contributed by atoms with E-state index in [4.69, 9.17) is 5.11 Å². The number of nitrogens with zero attached hydrogens (tertiary/aromatic N) is 1. The smallest absolute Gasteiger partial charge is 0.264 e. The quantitative estimate of drug-likeness (QED) is 0.944. The molecular weight excluding hydrogens is 293 g/mol. The maximum atomic E-state index is 13.4. The van der Waals surface area contributed by atoms with Gasteiger partial charge in [0.1, 0.15) is 5.82 Å². The lowest BCUT2D eigenvalue weighted by Crippen LogP contribution is -2.29. The molecule has 0 aliphatic carbocycles. The Morgan fingerprint density at radius 1 is 1.19 bits per heavy atom. The molecule has 1 heterocycles. The topological polar surface area (TPSA) is 57.6 Å². The summed E-state index contributed by atoms with van der Waals surface area (Å²) in [4.78, 5) is -0.00958. The number of hydrogen-bond acceptors (Lipinski definition) is 3. The third kappa shape index (κ3) is 2.30. The highest BCUT2D eigenvalue weighted by Gasteiger charge is 2.30. The molecule has 0 spiro atoms. The first-order valence-electron chi connectivity index (χ1n) is 6.54. The summed E-state index contributed by atoms with van der Waals surface area (Å²) in [6, 6.07) is 10.8. The van der Waals surface area contributed by atoms with Gasteiger partial charge in [-0.25, -0.2) is 12.8 Å². The second-order valence-electron chi connectivity index (χ2n) is 4.87. The number of sulfonamides is 1. The van der Waals surface area contributed by atoms with E-state index >= 15 is 0 Å². The van der Waals surface area contributed by atoms with Crippen LogP contribution in [0.25, 0.3) is 0 Å². The molecule has 0 unspecified atom stereocenters. The van der Waals surface area contributed by atoms with Gasteiger partial charge in [-0.05, 0) is 36.2 Å². The van der Waals surface area contributed by atoms with Crippen LogP contribution < -0.4 is 4.31 Å². The van der Waals surface area contributed by atoms with Gasteiger partial charge in [0.2, 0.25) is 0 Å². The van der Waals surface area contributed by atoms with Crippen molar-refractivity contribution in [2.45, 2.75) is 17.9 Å². The zero-order chi connectivity index (χ0) is 15.0. The van der Waals surface area contributed by atoms with Gasteiger partial charge in [-0.3, -0.25) is 4.31 Å². The standard InChI is InChI=1S/C15H14FNO3S/c16-14-6-5-13(9-12(14)10-18)21(19,20)17-8-7-11-3-1-2-4-15(11)17/h1-6,9,18H,7-8,10H2. The van der Waals surface area contributed by atoms with Gasteiger partial charge in [-0.1, -0.05) is 18.2 Å². The van der Waals surface area contributed by atoms with Crippen LogP contribution in [0.15, 0.2) is 47.4 Å². The van der Waals surface area contributed by atoms with E-state index in [-0.39, 0.29) is 10.5 Å². The third-order valence-electron chi connectivity index (χ3n) is 3.62. The molecule has 0 aromatic heterocycles. The first-order chi connectivity index (χ1) is 10.0. The molecule has 1 N–H and O–H groups in total. The summed E-state index contributed by atoms with van der Waals surface area (Å²) in [6.07, 6.45) is 0.656. The molecule has 2 aromatic rings. The molecule has 3 rings (SSSR count). The molecule has 6 heteroatoms. The van der Waals surface area contributed by atoms with Crippen molar-refractivity contribution in [1.29, 1.82) is 0 Å². The van der Waals surface area contributed by atoms with E-state index in [2.05, 4.69) is 0 Å². The van der Waals surface area contributed by atoms with Crippen LogP contribution in [0.1, 0.15) is 11.1 Å². The van der Waals surface area contributed by atoms with Gasteiger partial charge in [-0.2, -0.15) is 0 Å². The highest BCUT2D eigenvalue weighted by atomic mass is 32.2. The molecule has 0 amide bonds. The fourth-order valence-electron chi connectivity index (χ4n) is 2.52. The number of anilines is 1. The average molecular weight is 307 g/mol. The fraction of sp³-hybridized carbons (Fsp3) is 0.200. The number of halogens is 1. The molecule has 0 saturated heterocycles. The molecule has 4 nitrogen and oxygen atoms in total. The van der Waals surface area contributed by atoms with E-state index in [1.807, 2.05) is 12.1 Å². The van der Waals surface area contributed by atoms with Crippen molar-refractivity contribution >= 4 is 15.7 Å². The molecule has 110 valence electrons. The van der Waals surface area contributed by atoms with Crippen LogP contribution in [0.3, 0.4) is 0 Å². The Bertz CT molecular complexity index is 789. The molecule has 1 aliphatic rings. The van der Waals surface area contributed by atoms with Crippen LogP contribution in [-0.4, -0.2) is 20.1 Å². The van der Waals surface area contributed by atoms with Crippen LogP contribution >= 0.6 is 0 Å². The second-order valence-corrected chi connectivity index (χ2v) is 6.73. The van der Waals surface area contributed by atoms with Gasteiger partial charge in [0.15, 0.2) is 0 Å². The predicted molar refractivity (Wildman–Crippen MR) is 77.0 cm³/mol. The Labute approximate surface area is 122 Å². The van der Waals surface area contributed by atoms with Crippen molar-refractivity contribution in [2.75, 3.05) is 10.8 Å². The monoisotopic (exact) mass is 307 g/mol. The minimum Gasteiger partial charge on any atom is -0.392 e. The highest BCUT2D eigenvalue weighted by molar-refractivity contribution is 7.92. The van der Waals surface area contributed by atoms with Gasteiger partial charge in [0.25, 0.3) is 10.0 Å². The van der Waals surface area contributed by atoms with E-state index in [1.54, 1.807) is 12.1 Å². The molecule has 0 atom stereocenters. The minimum atomic E-state index is -3.75. The van der Waals surface area contributed by atoms with Crippen molar-refractivity contribution in [1.82, 2.24) is 0 Å². The first-order valence-corrected chi connectivity index (χ1v) is 7.98. The van der Waals surface area contributed by atoms with Crippen molar-refractivity contribution in [2.24, 2.45) is 0 Å². The lowest BCUT2D eigenvalue weighted by Gasteiger charge is -2.20. The van der Waals surface area contributed by atoms with Gasteiger partial charge in [-0.15, -0.1) is 0 Å². The normalized spacial score (nSPS) is 14.3. The number of aliphatic hydroxyl groups is 1. The van der Waals surface area contributed by atoms with Crippen molar-refractivity contribution in [3.8, 4) is 0 Å². The van der Waals surface area contributed by atoms with Gasteiger partial charge < -0.3 is 5.11 Å². The fourth-order valence-corrected chi connectivity index (χ4v) is 4.07.